The van der Waals surface area contributed by atoms with E-state index in [9.17, 15) is 0 Å². The van der Waals surface area contributed by atoms with Gasteiger partial charge in [-0.3, -0.25) is 9.13 Å². The first-order chi connectivity index (χ1) is 44.6. The van der Waals surface area contributed by atoms with Crippen molar-refractivity contribution < 1.29 is 0 Å². The second-order valence-electron chi connectivity index (χ2n) is 22.7. The lowest BCUT2D eigenvalue weighted by molar-refractivity contribution is 0.978. The van der Waals surface area contributed by atoms with Crippen molar-refractivity contribution in [3.63, 3.8) is 0 Å². The molecular weight excluding hydrogens is 1100 g/mol. The van der Waals surface area contributed by atoms with Gasteiger partial charge in [0.1, 0.15) is 0 Å². The van der Waals surface area contributed by atoms with E-state index in [-0.39, 0.29) is 0 Å². The average Bonchev–Trinajstić information content (AvgIpc) is 1.73. The average molecular weight is 1150 g/mol. The quantitative estimate of drug-likeness (QED) is 0.140. The third-order valence-electron chi connectivity index (χ3n) is 17.6. The molecule has 18 rings (SSSR count). The van der Waals surface area contributed by atoms with Gasteiger partial charge in [-0.1, -0.05) is 224 Å². The highest BCUT2D eigenvalue weighted by Crippen LogP contribution is 2.42. The van der Waals surface area contributed by atoms with Gasteiger partial charge in [0, 0.05) is 79.7 Å². The normalized spacial score (nSPS) is 11.8. The highest BCUT2D eigenvalue weighted by atomic mass is 15.2. The molecule has 12 aromatic carbocycles. The standard InChI is InChI=1S/C80H48N10/c1-4-25-56-49(18-1)21-13-32-61(56)68-43-69(62-33-14-22-50-19-2-5-26-57(50)62)86-77(85-68)78-87-70(63-34-15-23-51-20-3-6-27-58(51)63)44-71(88-78)64-35-16-24-52-42-53(40-41-59(52)64)60-31-17-39-75-76(60)67-30-9-12-38-74(67)90(75)80-83-47-55(48-84-80)54-45-81-79(82-46-54)89-72-36-10-7-28-65(72)66-29-8-11-37-73(66)89/h1-48H. The highest BCUT2D eigenvalue weighted by molar-refractivity contribution is 6.16. The maximum absolute atomic E-state index is 5.51. The zero-order chi connectivity index (χ0) is 59.2. The molecule has 0 unspecified atom stereocenters. The summed E-state index contributed by atoms with van der Waals surface area (Å²) in [6.07, 6.45) is 7.42. The molecule has 0 spiro atoms. The van der Waals surface area contributed by atoms with Gasteiger partial charge in [-0.05, 0) is 96.7 Å². The Kier molecular flexibility index (Phi) is 11.7. The predicted molar refractivity (Wildman–Crippen MR) is 366 cm³/mol. The van der Waals surface area contributed by atoms with Gasteiger partial charge in [-0.25, -0.2) is 39.9 Å². The summed E-state index contributed by atoms with van der Waals surface area (Å²) in [6, 6.07) is 93.7. The van der Waals surface area contributed by atoms with E-state index in [4.69, 9.17) is 39.9 Å². The van der Waals surface area contributed by atoms with E-state index in [1.807, 2.05) is 36.9 Å². The maximum atomic E-state index is 5.51. The molecule has 0 saturated carbocycles. The van der Waals surface area contributed by atoms with Crippen LogP contribution in [0, 0.1) is 0 Å². The number of hydrogen-bond donors (Lipinski definition) is 0. The fraction of sp³-hybridized carbons (Fsp3) is 0. The molecule has 0 saturated heterocycles. The molecule has 10 heteroatoms. The summed E-state index contributed by atoms with van der Waals surface area (Å²) < 4.78 is 4.27. The van der Waals surface area contributed by atoms with Gasteiger partial charge in [0.25, 0.3) is 0 Å². The van der Waals surface area contributed by atoms with Gasteiger partial charge in [0.05, 0.1) is 44.8 Å². The Hall–Kier alpha value is -12.4. The Labute approximate surface area is 515 Å². The van der Waals surface area contributed by atoms with Crippen molar-refractivity contribution in [1.82, 2.24) is 49.0 Å². The second-order valence-corrected chi connectivity index (χ2v) is 22.7. The lowest BCUT2D eigenvalue weighted by Gasteiger charge is -2.15. The molecule has 0 amide bonds. The molecule has 0 fully saturated rings. The molecule has 0 aliphatic carbocycles. The summed E-state index contributed by atoms with van der Waals surface area (Å²) in [6.45, 7) is 0. The monoisotopic (exact) mass is 1150 g/mol. The van der Waals surface area contributed by atoms with Gasteiger partial charge in [0.2, 0.25) is 11.9 Å². The first-order valence-electron chi connectivity index (χ1n) is 30.0. The van der Waals surface area contributed by atoms with Crippen LogP contribution >= 0.6 is 0 Å². The van der Waals surface area contributed by atoms with Crippen molar-refractivity contribution >= 4 is 86.7 Å². The van der Waals surface area contributed by atoms with Gasteiger partial charge < -0.3 is 0 Å². The molecule has 418 valence electrons. The molecule has 0 aliphatic heterocycles. The van der Waals surface area contributed by atoms with Crippen molar-refractivity contribution in [2.24, 2.45) is 0 Å². The number of fused-ring (bicyclic) bond motifs is 10. The fourth-order valence-electron chi connectivity index (χ4n) is 13.5. The van der Waals surface area contributed by atoms with Crippen LogP contribution in [0.5, 0.6) is 0 Å². The van der Waals surface area contributed by atoms with Crippen molar-refractivity contribution in [3.05, 3.63) is 292 Å². The van der Waals surface area contributed by atoms with Crippen LogP contribution in [0.1, 0.15) is 0 Å². The summed E-state index contributed by atoms with van der Waals surface area (Å²) in [5.41, 5.74) is 15.0. The van der Waals surface area contributed by atoms with Gasteiger partial charge in [0.15, 0.2) is 11.6 Å². The third kappa shape index (κ3) is 8.34. The van der Waals surface area contributed by atoms with E-state index in [1.165, 1.54) is 0 Å². The first-order valence-corrected chi connectivity index (χ1v) is 30.0. The molecule has 90 heavy (non-hydrogen) atoms. The predicted octanol–water partition coefficient (Wildman–Crippen LogP) is 19.3. The molecule has 0 aliphatic rings. The molecule has 10 nitrogen and oxygen atoms in total. The summed E-state index contributed by atoms with van der Waals surface area (Å²) in [5.74, 6) is 2.02. The van der Waals surface area contributed by atoms with Crippen LogP contribution in [0.3, 0.4) is 0 Å². The van der Waals surface area contributed by atoms with E-state index in [0.29, 0.717) is 23.5 Å². The van der Waals surface area contributed by atoms with E-state index in [2.05, 4.69) is 264 Å². The zero-order valence-corrected chi connectivity index (χ0v) is 48.2. The summed E-state index contributed by atoms with van der Waals surface area (Å²) in [5, 5.41) is 13.3. The topological polar surface area (TPSA) is 113 Å². The Morgan fingerprint density at radius 2 is 0.544 bits per heavy atom. The smallest absolute Gasteiger partial charge is 0.234 e. The Bertz CT molecular complexity index is 5760. The largest absolute Gasteiger partial charge is 0.278 e. The molecule has 0 N–H and O–H groups in total. The van der Waals surface area contributed by atoms with Crippen LogP contribution < -0.4 is 0 Å². The second kappa shape index (κ2) is 20.7. The Balaban J connectivity index is 0.749. The lowest BCUT2D eigenvalue weighted by atomic mass is 9.94. The van der Waals surface area contributed by atoms with E-state index in [0.717, 1.165) is 154 Å². The summed E-state index contributed by atoms with van der Waals surface area (Å²) in [7, 11) is 0. The number of benzene rings is 12. The molecule has 0 bridgehead atoms. The molecule has 0 radical (unpaired) electrons. The van der Waals surface area contributed by atoms with Crippen LogP contribution in [0.25, 0.3) is 178 Å². The minimum atomic E-state index is 0.425. The minimum Gasteiger partial charge on any atom is -0.278 e. The fourth-order valence-corrected chi connectivity index (χ4v) is 13.5. The van der Waals surface area contributed by atoms with Crippen LogP contribution in [0.15, 0.2) is 292 Å². The number of para-hydroxylation sites is 3. The highest BCUT2D eigenvalue weighted by Gasteiger charge is 2.23. The lowest BCUT2D eigenvalue weighted by Crippen LogP contribution is -2.02. The van der Waals surface area contributed by atoms with Crippen molar-refractivity contribution in [2.75, 3.05) is 0 Å². The minimum absolute atomic E-state index is 0.425. The first kappa shape index (κ1) is 50.9. The zero-order valence-electron chi connectivity index (χ0n) is 48.2. The van der Waals surface area contributed by atoms with Crippen molar-refractivity contribution in [3.8, 4) is 90.8 Å². The van der Waals surface area contributed by atoms with Gasteiger partial charge in [-0.15, -0.1) is 0 Å². The molecule has 18 aromatic rings. The number of aromatic nitrogens is 10. The van der Waals surface area contributed by atoms with E-state index < -0.39 is 0 Å². The van der Waals surface area contributed by atoms with Gasteiger partial charge >= 0.3 is 0 Å². The number of hydrogen-bond acceptors (Lipinski definition) is 8. The van der Waals surface area contributed by atoms with Gasteiger partial charge in [-0.2, -0.15) is 0 Å². The van der Waals surface area contributed by atoms with Crippen molar-refractivity contribution in [2.45, 2.75) is 0 Å². The SMILES string of the molecule is c1ccc2c(-c3cc(-c4cccc5ccccc45)nc(-c4nc(-c5cccc6ccccc56)cc(-c5cccc6cc(-c7cccc8c7c7ccccc7n8-c7ncc(-c8cnc(-n9c%10ccccc%10c%10ccccc%109)nc8)cn7)ccc56)n4)n3)cccc2c1. The van der Waals surface area contributed by atoms with Crippen molar-refractivity contribution in [1.29, 1.82) is 0 Å². The molecular formula is C80H48N10. The molecule has 0 atom stereocenters. The van der Waals surface area contributed by atoms with Crippen LogP contribution in [0.2, 0.25) is 0 Å². The summed E-state index contributed by atoms with van der Waals surface area (Å²) in [4.78, 5) is 41.6. The van der Waals surface area contributed by atoms with Crippen LogP contribution in [0.4, 0.5) is 0 Å². The Morgan fingerprint density at radius 1 is 0.222 bits per heavy atom. The Morgan fingerprint density at radius 3 is 1.00 bits per heavy atom. The molecule has 6 heterocycles. The number of rotatable bonds is 9. The summed E-state index contributed by atoms with van der Waals surface area (Å²) >= 11 is 0. The van der Waals surface area contributed by atoms with Crippen LogP contribution in [-0.2, 0) is 0 Å². The molecule has 6 aromatic heterocycles. The third-order valence-corrected chi connectivity index (χ3v) is 17.6. The maximum Gasteiger partial charge on any atom is 0.234 e. The number of nitrogens with zero attached hydrogens (tertiary/aromatic N) is 10. The van der Waals surface area contributed by atoms with E-state index >= 15 is 0 Å². The van der Waals surface area contributed by atoms with E-state index in [1.54, 1.807) is 0 Å². The van der Waals surface area contributed by atoms with Crippen LogP contribution in [-0.4, -0.2) is 49.0 Å².